The third-order valence-corrected chi connectivity index (χ3v) is 9.22. The zero-order chi connectivity index (χ0) is 26.9. The molecule has 1 aromatic heterocycles. The fourth-order valence-corrected chi connectivity index (χ4v) is 7.08. The quantitative estimate of drug-likeness (QED) is 0.251. The highest BCUT2D eigenvalue weighted by Gasteiger charge is 2.29. The molecule has 2 heterocycles. The number of fused-ring (bicyclic) bond motifs is 2. The third-order valence-electron chi connectivity index (χ3n) is 6.35. The van der Waals surface area contributed by atoms with Crippen LogP contribution in [0.3, 0.4) is 0 Å². The van der Waals surface area contributed by atoms with Crippen molar-refractivity contribution in [2.75, 3.05) is 24.6 Å². The zero-order valence-electron chi connectivity index (χ0n) is 20.4. The number of nitro groups is 1. The molecule has 0 fully saturated rings. The summed E-state index contributed by atoms with van der Waals surface area (Å²) in [5.41, 5.74) is 2.55. The van der Waals surface area contributed by atoms with E-state index in [1.54, 1.807) is 23.8 Å². The maximum absolute atomic E-state index is 13.4. The maximum atomic E-state index is 13.4. The molecule has 0 saturated carbocycles. The van der Waals surface area contributed by atoms with Crippen molar-refractivity contribution in [2.45, 2.75) is 24.3 Å². The molecular weight excluding hydrogens is 528 g/mol. The molecule has 5 rings (SSSR count). The number of aromatic nitrogens is 1. The number of hydrogen-bond donors (Lipinski definition) is 0. The summed E-state index contributed by atoms with van der Waals surface area (Å²) in [6.07, 6.45) is 1.56. The fourth-order valence-electron chi connectivity index (χ4n) is 4.46. The Labute approximate surface area is 222 Å². The van der Waals surface area contributed by atoms with Crippen LogP contribution >= 0.6 is 11.3 Å². The number of rotatable bonds is 7. The van der Waals surface area contributed by atoms with Crippen LogP contribution in [0.15, 0.2) is 76.6 Å². The number of aryl methyl sites for hydroxylation is 1. The highest BCUT2D eigenvalue weighted by molar-refractivity contribution is 7.92. The van der Waals surface area contributed by atoms with E-state index in [1.165, 1.54) is 40.7 Å². The van der Waals surface area contributed by atoms with Crippen molar-refractivity contribution in [3.05, 3.63) is 92.8 Å². The van der Waals surface area contributed by atoms with Gasteiger partial charge in [-0.3, -0.25) is 19.2 Å². The SMILES string of the molecule is COCCn1c(=NC(=O)c2ccc(S(=O)(=O)N3CCCc4ccccc43)cc2)sc2cc([N+](=O)[O-])ccc21. The number of amides is 1. The van der Waals surface area contributed by atoms with Crippen molar-refractivity contribution in [2.24, 2.45) is 4.99 Å². The van der Waals surface area contributed by atoms with Gasteiger partial charge in [0.25, 0.3) is 21.6 Å². The Balaban J connectivity index is 1.47. The molecule has 0 N–H and O–H groups in total. The lowest BCUT2D eigenvalue weighted by Crippen LogP contribution is -2.35. The minimum Gasteiger partial charge on any atom is -0.383 e. The van der Waals surface area contributed by atoms with E-state index in [1.807, 2.05) is 18.2 Å². The van der Waals surface area contributed by atoms with E-state index < -0.39 is 20.9 Å². The van der Waals surface area contributed by atoms with E-state index in [4.69, 9.17) is 4.74 Å². The number of thiazole rings is 1. The van der Waals surface area contributed by atoms with E-state index >= 15 is 0 Å². The first-order chi connectivity index (χ1) is 18.3. The molecule has 0 radical (unpaired) electrons. The lowest BCUT2D eigenvalue weighted by atomic mass is 10.0. The van der Waals surface area contributed by atoms with Gasteiger partial charge >= 0.3 is 0 Å². The molecule has 196 valence electrons. The molecular formula is C26H24N4O6S2. The Hall–Kier alpha value is -3.87. The van der Waals surface area contributed by atoms with Gasteiger partial charge in [-0.15, -0.1) is 0 Å². The van der Waals surface area contributed by atoms with Gasteiger partial charge in [0.1, 0.15) is 0 Å². The number of carbonyl (C=O) groups excluding carboxylic acids is 1. The van der Waals surface area contributed by atoms with Crippen LogP contribution in [0.5, 0.6) is 0 Å². The number of benzene rings is 3. The molecule has 1 aliphatic rings. The number of methoxy groups -OCH3 is 1. The molecule has 3 aromatic carbocycles. The Morgan fingerprint density at radius 1 is 1.13 bits per heavy atom. The lowest BCUT2D eigenvalue weighted by molar-refractivity contribution is -0.384. The number of para-hydroxylation sites is 1. The number of hydrogen-bond acceptors (Lipinski definition) is 7. The lowest BCUT2D eigenvalue weighted by Gasteiger charge is -2.30. The molecule has 1 aliphatic heterocycles. The van der Waals surface area contributed by atoms with Crippen LogP contribution in [0.1, 0.15) is 22.3 Å². The van der Waals surface area contributed by atoms with Crippen molar-refractivity contribution in [1.29, 1.82) is 0 Å². The monoisotopic (exact) mass is 552 g/mol. The second-order valence-corrected chi connectivity index (χ2v) is 11.6. The van der Waals surface area contributed by atoms with Gasteiger partial charge in [-0.05, 0) is 54.8 Å². The Morgan fingerprint density at radius 3 is 2.63 bits per heavy atom. The standard InChI is InChI=1S/C26H24N4O6S2/c1-36-16-15-28-23-13-10-20(30(32)33)17-24(23)37-26(28)27-25(31)19-8-11-21(12-9-19)38(34,35)29-14-4-6-18-5-2-3-7-22(18)29/h2-3,5,7-13,17H,4,6,14-16H2,1H3. The molecule has 0 spiro atoms. The highest BCUT2D eigenvalue weighted by atomic mass is 32.2. The van der Waals surface area contributed by atoms with Crippen molar-refractivity contribution in [3.8, 4) is 0 Å². The van der Waals surface area contributed by atoms with E-state index in [-0.39, 0.29) is 16.1 Å². The summed E-state index contributed by atoms with van der Waals surface area (Å²) in [5.74, 6) is -0.551. The molecule has 0 atom stereocenters. The molecule has 12 heteroatoms. The molecule has 38 heavy (non-hydrogen) atoms. The van der Waals surface area contributed by atoms with E-state index in [9.17, 15) is 23.3 Å². The summed E-state index contributed by atoms with van der Waals surface area (Å²) in [7, 11) is -2.25. The molecule has 0 saturated heterocycles. The van der Waals surface area contributed by atoms with Crippen LogP contribution in [0.25, 0.3) is 10.2 Å². The van der Waals surface area contributed by atoms with Crippen LogP contribution in [-0.2, 0) is 27.7 Å². The van der Waals surface area contributed by atoms with Gasteiger partial charge in [0, 0.05) is 37.9 Å². The van der Waals surface area contributed by atoms with E-state index in [0.717, 1.165) is 29.7 Å². The van der Waals surface area contributed by atoms with Crippen LogP contribution in [0, 0.1) is 10.1 Å². The first kappa shape index (κ1) is 25.8. The zero-order valence-corrected chi connectivity index (χ0v) is 22.1. The van der Waals surface area contributed by atoms with Gasteiger partial charge in [-0.1, -0.05) is 29.5 Å². The van der Waals surface area contributed by atoms with Gasteiger partial charge in [-0.2, -0.15) is 4.99 Å². The summed E-state index contributed by atoms with van der Waals surface area (Å²) in [4.78, 5) is 28.5. The summed E-state index contributed by atoms with van der Waals surface area (Å²) in [6.45, 7) is 1.15. The van der Waals surface area contributed by atoms with Crippen LogP contribution < -0.4 is 9.11 Å². The Morgan fingerprint density at radius 2 is 1.89 bits per heavy atom. The average Bonchev–Trinajstić information content (AvgIpc) is 3.27. The molecule has 0 unspecified atom stereocenters. The number of sulfonamides is 1. The maximum Gasteiger partial charge on any atom is 0.279 e. The Bertz CT molecular complexity index is 1710. The third kappa shape index (κ3) is 4.85. The normalized spacial score (nSPS) is 14.0. The number of anilines is 1. The molecule has 10 nitrogen and oxygen atoms in total. The predicted octanol–water partition coefficient (Wildman–Crippen LogP) is 4.14. The Kier molecular flexibility index (Phi) is 7.11. The van der Waals surface area contributed by atoms with Gasteiger partial charge in [0.15, 0.2) is 4.80 Å². The summed E-state index contributed by atoms with van der Waals surface area (Å²) in [6, 6.07) is 17.7. The van der Waals surface area contributed by atoms with Crippen LogP contribution in [-0.4, -0.2) is 44.1 Å². The molecule has 1 amide bonds. The topological polar surface area (TPSA) is 124 Å². The van der Waals surface area contributed by atoms with Crippen molar-refractivity contribution >= 4 is 48.9 Å². The average molecular weight is 553 g/mol. The van der Waals surface area contributed by atoms with Gasteiger partial charge < -0.3 is 9.30 Å². The fraction of sp³-hybridized carbons (Fsp3) is 0.231. The van der Waals surface area contributed by atoms with E-state index in [0.29, 0.717) is 40.4 Å². The number of non-ortho nitro benzene ring substituents is 1. The number of ether oxygens (including phenoxy) is 1. The molecule has 4 aromatic rings. The highest BCUT2D eigenvalue weighted by Crippen LogP contribution is 2.32. The van der Waals surface area contributed by atoms with Crippen LogP contribution in [0.2, 0.25) is 0 Å². The largest absolute Gasteiger partial charge is 0.383 e. The minimum atomic E-state index is -3.80. The predicted molar refractivity (Wildman–Crippen MR) is 144 cm³/mol. The van der Waals surface area contributed by atoms with Gasteiger partial charge in [0.2, 0.25) is 0 Å². The van der Waals surface area contributed by atoms with Crippen molar-refractivity contribution in [3.63, 3.8) is 0 Å². The smallest absolute Gasteiger partial charge is 0.279 e. The summed E-state index contributed by atoms with van der Waals surface area (Å²) >= 11 is 1.16. The van der Waals surface area contributed by atoms with Gasteiger partial charge in [-0.25, -0.2) is 8.42 Å². The van der Waals surface area contributed by atoms with Gasteiger partial charge in [0.05, 0.1) is 32.3 Å². The van der Waals surface area contributed by atoms with E-state index in [2.05, 4.69) is 4.99 Å². The minimum absolute atomic E-state index is 0.0522. The summed E-state index contributed by atoms with van der Waals surface area (Å²) < 4.78 is 35.8. The van der Waals surface area contributed by atoms with Crippen LogP contribution in [0.4, 0.5) is 11.4 Å². The second-order valence-electron chi connectivity index (χ2n) is 8.69. The van der Waals surface area contributed by atoms with Crippen molar-refractivity contribution in [1.82, 2.24) is 4.57 Å². The second kappa shape index (κ2) is 10.5. The molecule has 0 bridgehead atoms. The number of nitrogens with zero attached hydrogens (tertiary/aromatic N) is 4. The number of nitro benzene ring substituents is 1. The number of carbonyl (C=O) groups is 1. The first-order valence-electron chi connectivity index (χ1n) is 11.9. The van der Waals surface area contributed by atoms with Crippen molar-refractivity contribution < 1.29 is 22.9 Å². The molecule has 0 aliphatic carbocycles. The summed E-state index contributed by atoms with van der Waals surface area (Å²) in [5, 5.41) is 11.2. The first-order valence-corrected chi connectivity index (χ1v) is 14.1.